The lowest BCUT2D eigenvalue weighted by atomic mass is 10.1. The highest BCUT2D eigenvalue weighted by Crippen LogP contribution is 2.23. The number of aromatic nitrogens is 3. The third-order valence-corrected chi connectivity index (χ3v) is 2.68. The molecule has 16 heavy (non-hydrogen) atoms. The van der Waals surface area contributed by atoms with E-state index in [4.69, 9.17) is 0 Å². The second-order valence-electron chi connectivity index (χ2n) is 3.73. The van der Waals surface area contributed by atoms with Crippen LogP contribution in [0.2, 0.25) is 0 Å². The lowest BCUT2D eigenvalue weighted by molar-refractivity contribution is 1.08. The molecule has 0 spiro atoms. The fourth-order valence-electron chi connectivity index (χ4n) is 1.92. The topological polar surface area (TPSA) is 30.2 Å². The molecule has 0 fully saturated rings. The minimum Gasteiger partial charge on any atom is -0.303 e. The lowest BCUT2D eigenvalue weighted by Gasteiger charge is -2.00. The molecule has 0 N–H and O–H groups in total. The van der Waals surface area contributed by atoms with Gasteiger partial charge in [-0.25, -0.2) is 4.98 Å². The summed E-state index contributed by atoms with van der Waals surface area (Å²) in [7, 11) is 0. The molecule has 0 radical (unpaired) electrons. The summed E-state index contributed by atoms with van der Waals surface area (Å²) >= 11 is 0. The predicted molar refractivity (Wildman–Crippen MR) is 63.2 cm³/mol. The van der Waals surface area contributed by atoms with Gasteiger partial charge in [-0.1, -0.05) is 30.3 Å². The minimum atomic E-state index is 0.992. The van der Waals surface area contributed by atoms with Crippen molar-refractivity contribution in [3.05, 3.63) is 54.7 Å². The normalized spacial score (nSPS) is 10.8. The summed E-state index contributed by atoms with van der Waals surface area (Å²) in [6.07, 6.45) is 5.53. The number of aryl methyl sites for hydroxylation is 1. The second-order valence-corrected chi connectivity index (χ2v) is 3.73. The maximum Gasteiger partial charge on any atom is 0.100 e. The monoisotopic (exact) mass is 209 g/mol. The zero-order valence-electron chi connectivity index (χ0n) is 8.96. The Kier molecular flexibility index (Phi) is 1.96. The third-order valence-electron chi connectivity index (χ3n) is 2.68. The summed E-state index contributed by atoms with van der Waals surface area (Å²) in [6, 6.07) is 10.2. The number of rotatable bonds is 1. The van der Waals surface area contributed by atoms with Gasteiger partial charge in [0, 0.05) is 18.0 Å². The molecule has 0 saturated carbocycles. The van der Waals surface area contributed by atoms with Gasteiger partial charge in [0.2, 0.25) is 0 Å². The molecule has 78 valence electrons. The highest BCUT2D eigenvalue weighted by atomic mass is 15.0. The van der Waals surface area contributed by atoms with Crippen LogP contribution in [0.5, 0.6) is 0 Å². The summed E-state index contributed by atoms with van der Waals surface area (Å²) in [6.45, 7) is 2.00. The van der Waals surface area contributed by atoms with Gasteiger partial charge in [-0.15, -0.1) is 0 Å². The minimum absolute atomic E-state index is 0.992. The molecule has 3 heteroatoms. The first-order chi connectivity index (χ1) is 7.86. The average molecular weight is 209 g/mol. The molecule has 3 rings (SSSR count). The molecule has 0 aliphatic rings. The van der Waals surface area contributed by atoms with Crippen LogP contribution in [0.4, 0.5) is 0 Å². The lowest BCUT2D eigenvalue weighted by Crippen LogP contribution is -1.89. The highest BCUT2D eigenvalue weighted by Gasteiger charge is 2.08. The third kappa shape index (κ3) is 1.29. The van der Waals surface area contributed by atoms with E-state index in [2.05, 4.69) is 22.1 Å². The van der Waals surface area contributed by atoms with Crippen molar-refractivity contribution < 1.29 is 0 Å². The summed E-state index contributed by atoms with van der Waals surface area (Å²) in [5.41, 5.74) is 4.19. The Hall–Kier alpha value is -2.16. The molecule has 0 unspecified atom stereocenters. The maximum atomic E-state index is 4.45. The van der Waals surface area contributed by atoms with Crippen LogP contribution < -0.4 is 0 Å². The van der Waals surface area contributed by atoms with Crippen molar-refractivity contribution in [1.82, 2.24) is 14.4 Å². The van der Waals surface area contributed by atoms with Gasteiger partial charge in [0.15, 0.2) is 0 Å². The fraction of sp³-hybridized carbons (Fsp3) is 0.0769. The van der Waals surface area contributed by atoms with Crippen LogP contribution in [0.25, 0.3) is 16.8 Å². The maximum absolute atomic E-state index is 4.45. The summed E-state index contributed by atoms with van der Waals surface area (Å²) in [4.78, 5) is 8.75. The van der Waals surface area contributed by atoms with Crippen LogP contribution in [-0.4, -0.2) is 14.4 Å². The summed E-state index contributed by atoms with van der Waals surface area (Å²) < 4.78 is 2.00. The molecule has 0 amide bonds. The number of fused-ring (bicyclic) bond motifs is 1. The molecular formula is C13H11N3. The van der Waals surface area contributed by atoms with E-state index in [0.717, 1.165) is 22.5 Å². The molecule has 2 heterocycles. The average Bonchev–Trinajstić information content (AvgIpc) is 2.75. The van der Waals surface area contributed by atoms with Crippen LogP contribution in [0.15, 0.2) is 49.1 Å². The van der Waals surface area contributed by atoms with E-state index in [1.807, 2.05) is 42.0 Å². The van der Waals surface area contributed by atoms with Crippen LogP contribution in [0, 0.1) is 6.92 Å². The molecule has 3 nitrogen and oxygen atoms in total. The van der Waals surface area contributed by atoms with E-state index < -0.39 is 0 Å². The van der Waals surface area contributed by atoms with Gasteiger partial charge in [-0.3, -0.25) is 4.98 Å². The number of benzene rings is 1. The first kappa shape index (κ1) is 9.09. The molecule has 0 saturated heterocycles. The first-order valence-electron chi connectivity index (χ1n) is 5.20. The van der Waals surface area contributed by atoms with Gasteiger partial charge < -0.3 is 4.40 Å². The van der Waals surface area contributed by atoms with Gasteiger partial charge in [-0.2, -0.15) is 0 Å². The van der Waals surface area contributed by atoms with E-state index in [0.29, 0.717) is 0 Å². The van der Waals surface area contributed by atoms with Crippen molar-refractivity contribution in [2.24, 2.45) is 0 Å². The number of imidazole rings is 1. The van der Waals surface area contributed by atoms with Crippen molar-refractivity contribution in [3.8, 4) is 11.3 Å². The van der Waals surface area contributed by atoms with E-state index >= 15 is 0 Å². The second kappa shape index (κ2) is 3.45. The zero-order chi connectivity index (χ0) is 11.0. The van der Waals surface area contributed by atoms with Crippen LogP contribution in [0.1, 0.15) is 5.69 Å². The highest BCUT2D eigenvalue weighted by molar-refractivity contribution is 5.78. The van der Waals surface area contributed by atoms with Crippen molar-refractivity contribution in [2.45, 2.75) is 6.92 Å². The van der Waals surface area contributed by atoms with Gasteiger partial charge >= 0.3 is 0 Å². The molecular weight excluding hydrogens is 198 g/mol. The molecule has 2 aromatic heterocycles. The standard InChI is InChI=1S/C13H11N3/c1-10-13-12(11-5-3-2-4-6-11)15-9-16(13)8-7-14-10/h2-9H,1H3. The summed E-state index contributed by atoms with van der Waals surface area (Å²) in [5.74, 6) is 0. The quantitative estimate of drug-likeness (QED) is 0.616. The van der Waals surface area contributed by atoms with E-state index in [-0.39, 0.29) is 0 Å². The zero-order valence-corrected chi connectivity index (χ0v) is 8.96. The van der Waals surface area contributed by atoms with Gasteiger partial charge in [0.25, 0.3) is 0 Å². The number of hydrogen-bond acceptors (Lipinski definition) is 2. The van der Waals surface area contributed by atoms with Crippen molar-refractivity contribution in [1.29, 1.82) is 0 Å². The first-order valence-corrected chi connectivity index (χ1v) is 5.20. The Morgan fingerprint density at radius 3 is 2.69 bits per heavy atom. The molecule has 3 aromatic rings. The van der Waals surface area contributed by atoms with Gasteiger partial charge in [-0.05, 0) is 6.92 Å². The van der Waals surface area contributed by atoms with E-state index in [1.54, 1.807) is 6.20 Å². The van der Waals surface area contributed by atoms with E-state index in [9.17, 15) is 0 Å². The van der Waals surface area contributed by atoms with Crippen molar-refractivity contribution in [3.63, 3.8) is 0 Å². The summed E-state index contributed by atoms with van der Waals surface area (Å²) in [5, 5.41) is 0. The number of nitrogens with zero attached hydrogens (tertiary/aromatic N) is 3. The largest absolute Gasteiger partial charge is 0.303 e. The smallest absolute Gasteiger partial charge is 0.100 e. The Morgan fingerprint density at radius 2 is 1.88 bits per heavy atom. The van der Waals surface area contributed by atoms with Crippen LogP contribution in [-0.2, 0) is 0 Å². The van der Waals surface area contributed by atoms with Gasteiger partial charge in [0.05, 0.1) is 16.9 Å². The van der Waals surface area contributed by atoms with E-state index in [1.165, 1.54) is 0 Å². The van der Waals surface area contributed by atoms with Crippen molar-refractivity contribution in [2.75, 3.05) is 0 Å². The van der Waals surface area contributed by atoms with Crippen LogP contribution >= 0.6 is 0 Å². The Bertz CT molecular complexity index is 626. The molecule has 1 aromatic carbocycles. The molecule has 0 aliphatic carbocycles. The SMILES string of the molecule is Cc1nccn2cnc(-c3ccccc3)c12. The van der Waals surface area contributed by atoms with Crippen LogP contribution in [0.3, 0.4) is 0 Å². The Labute approximate surface area is 93.4 Å². The fourth-order valence-corrected chi connectivity index (χ4v) is 1.92. The van der Waals surface area contributed by atoms with Gasteiger partial charge in [0.1, 0.15) is 6.33 Å². The Balaban J connectivity index is 2.33. The molecule has 0 aliphatic heterocycles. The molecule has 0 atom stereocenters. The molecule has 0 bridgehead atoms. The Morgan fingerprint density at radius 1 is 1.06 bits per heavy atom. The van der Waals surface area contributed by atoms with Crippen molar-refractivity contribution >= 4 is 5.52 Å². The predicted octanol–water partition coefficient (Wildman–Crippen LogP) is 2.70. The number of hydrogen-bond donors (Lipinski definition) is 0.